The van der Waals surface area contributed by atoms with Crippen LogP contribution in [0.1, 0.15) is 13.3 Å². The van der Waals surface area contributed by atoms with Crippen LogP contribution >= 0.6 is 0 Å². The molecule has 18 heavy (non-hydrogen) atoms. The minimum atomic E-state index is -2.98. The molecular formula is C8H7N2NaO7. The predicted octanol–water partition coefficient (Wildman–Crippen LogP) is -3.85. The Kier molecular flexibility index (Phi) is 5.02. The first kappa shape index (κ1) is 16.6. The topological polar surface area (TPSA) is 147 Å². The van der Waals surface area contributed by atoms with Gasteiger partial charge in [0.05, 0.1) is 11.3 Å². The van der Waals surface area contributed by atoms with E-state index < -0.39 is 39.2 Å². The van der Waals surface area contributed by atoms with Crippen molar-refractivity contribution in [1.29, 1.82) is 0 Å². The number of carboxylic acid groups (broad SMARTS) is 1. The summed E-state index contributed by atoms with van der Waals surface area (Å²) in [6.07, 6.45) is 0.214. The zero-order chi connectivity index (χ0) is 13.4. The molecule has 1 N–H and O–H groups in total. The summed E-state index contributed by atoms with van der Waals surface area (Å²) in [5, 5.41) is 41.6. The van der Waals surface area contributed by atoms with Crippen LogP contribution in [-0.4, -0.2) is 26.5 Å². The molecule has 1 unspecified atom stereocenters. The summed E-state index contributed by atoms with van der Waals surface area (Å²) in [4.78, 5) is 29.8. The molecule has 1 atom stereocenters. The zero-order valence-electron chi connectivity index (χ0n) is 9.58. The fraction of sp³-hybridized carbons (Fsp3) is 0.375. The summed E-state index contributed by atoms with van der Waals surface area (Å²) in [6.45, 7) is 1.29. The van der Waals surface area contributed by atoms with E-state index in [2.05, 4.69) is 0 Å². The largest absolute Gasteiger partial charge is 1.00 e. The fourth-order valence-corrected chi connectivity index (χ4v) is 1.59. The minimum absolute atomic E-state index is 0. The van der Waals surface area contributed by atoms with E-state index in [0.29, 0.717) is 0 Å². The van der Waals surface area contributed by atoms with Gasteiger partial charge >= 0.3 is 40.8 Å². The van der Waals surface area contributed by atoms with Crippen molar-refractivity contribution in [1.82, 2.24) is 0 Å². The van der Waals surface area contributed by atoms with Crippen molar-refractivity contribution in [2.24, 2.45) is 0 Å². The van der Waals surface area contributed by atoms with E-state index in [4.69, 9.17) is 0 Å². The van der Waals surface area contributed by atoms with Crippen LogP contribution in [0.2, 0.25) is 0 Å². The zero-order valence-corrected chi connectivity index (χ0v) is 11.6. The Morgan fingerprint density at radius 2 is 1.94 bits per heavy atom. The fourth-order valence-electron chi connectivity index (χ4n) is 1.59. The van der Waals surface area contributed by atoms with Gasteiger partial charge in [-0.25, -0.2) is 0 Å². The van der Waals surface area contributed by atoms with Crippen molar-refractivity contribution in [2.75, 3.05) is 0 Å². The summed E-state index contributed by atoms with van der Waals surface area (Å²) in [6, 6.07) is 0. The number of nitrogens with zero attached hydrogens (tertiary/aromatic N) is 2. The molecule has 0 bridgehead atoms. The number of carbonyl (C=O) groups is 1. The molecule has 0 aromatic carbocycles. The first-order valence-corrected chi connectivity index (χ1v) is 4.34. The Hall–Kier alpha value is -1.45. The molecule has 0 spiro atoms. The maximum absolute atomic E-state index is 10.8. The molecule has 1 aliphatic rings. The Morgan fingerprint density at radius 1 is 1.44 bits per heavy atom. The Morgan fingerprint density at radius 3 is 2.28 bits per heavy atom. The van der Waals surface area contributed by atoms with Crippen LogP contribution in [-0.2, 0) is 4.79 Å². The molecule has 0 radical (unpaired) electrons. The predicted molar refractivity (Wildman–Crippen MR) is 49.8 cm³/mol. The number of aliphatic hydroxyl groups is 1. The monoisotopic (exact) mass is 266 g/mol. The van der Waals surface area contributed by atoms with Crippen molar-refractivity contribution < 1.29 is 54.4 Å². The second-order valence-corrected chi connectivity index (χ2v) is 3.56. The van der Waals surface area contributed by atoms with Gasteiger partial charge in [-0.2, -0.15) is 0 Å². The Labute approximate surface area is 122 Å². The third-order valence-corrected chi connectivity index (χ3v) is 2.40. The Bertz CT molecular complexity index is 468. The second kappa shape index (κ2) is 5.46. The molecule has 0 saturated heterocycles. The molecule has 10 heteroatoms. The van der Waals surface area contributed by atoms with E-state index in [1.165, 1.54) is 6.92 Å². The molecule has 0 aliphatic heterocycles. The van der Waals surface area contributed by atoms with Crippen molar-refractivity contribution >= 4 is 5.97 Å². The molecule has 0 heterocycles. The molecule has 9 nitrogen and oxygen atoms in total. The maximum atomic E-state index is 10.8. The van der Waals surface area contributed by atoms with Gasteiger partial charge in [-0.3, -0.25) is 20.2 Å². The summed E-state index contributed by atoms with van der Waals surface area (Å²) in [7, 11) is 0. The van der Waals surface area contributed by atoms with E-state index in [1.54, 1.807) is 0 Å². The van der Waals surface area contributed by atoms with Crippen LogP contribution in [0.3, 0.4) is 0 Å². The molecule has 0 saturated carbocycles. The molecule has 92 valence electrons. The van der Waals surface area contributed by atoms with Gasteiger partial charge in [0.25, 0.3) is 5.76 Å². The van der Waals surface area contributed by atoms with E-state index in [-0.39, 0.29) is 35.1 Å². The molecule has 0 aromatic rings. The van der Waals surface area contributed by atoms with E-state index in [1.807, 2.05) is 0 Å². The van der Waals surface area contributed by atoms with Gasteiger partial charge in [-0.05, 0) is 6.92 Å². The van der Waals surface area contributed by atoms with E-state index in [9.17, 15) is 35.2 Å². The van der Waals surface area contributed by atoms with E-state index >= 15 is 0 Å². The van der Waals surface area contributed by atoms with Crippen molar-refractivity contribution in [3.05, 3.63) is 43.3 Å². The molecule has 1 rings (SSSR count). The third kappa shape index (κ3) is 2.37. The van der Waals surface area contributed by atoms with Gasteiger partial charge < -0.3 is 15.0 Å². The van der Waals surface area contributed by atoms with E-state index in [0.717, 1.165) is 6.08 Å². The first-order valence-electron chi connectivity index (χ1n) is 4.34. The normalized spacial score (nSPS) is 22.8. The number of rotatable bonds is 3. The number of carboxylic acids is 1. The number of aliphatic carboxylic acids is 1. The summed E-state index contributed by atoms with van der Waals surface area (Å²) >= 11 is 0. The number of aliphatic hydroxyl groups excluding tert-OH is 1. The van der Waals surface area contributed by atoms with Crippen molar-refractivity contribution in [3.8, 4) is 0 Å². The first-order chi connectivity index (χ1) is 7.73. The third-order valence-electron chi connectivity index (χ3n) is 2.40. The standard InChI is InChI=1S/C8H8N2O7.Na/c1-4-2-5(9(14)15)6(11)8(3-4,7(12)13)10(16)17;/h2,11H,3H2,1H3,(H,12,13);/q;+1/p-1. The number of allylic oxidation sites excluding steroid dienone is 1. The number of carbonyl (C=O) groups excluding carboxylic acids is 1. The van der Waals surface area contributed by atoms with Gasteiger partial charge in [0.1, 0.15) is 5.97 Å². The van der Waals surface area contributed by atoms with Gasteiger partial charge in [0.15, 0.2) is 0 Å². The van der Waals surface area contributed by atoms with Crippen LogP contribution in [0.15, 0.2) is 23.1 Å². The summed E-state index contributed by atoms with van der Waals surface area (Å²) in [5.41, 5.74) is -3.90. The minimum Gasteiger partial charge on any atom is -0.543 e. The quantitative estimate of drug-likeness (QED) is 0.312. The van der Waals surface area contributed by atoms with Gasteiger partial charge in [0, 0.05) is 11.0 Å². The van der Waals surface area contributed by atoms with Crippen molar-refractivity contribution in [2.45, 2.75) is 18.9 Å². The Balaban J connectivity index is 0.00000289. The SMILES string of the molecule is CC1=CC([N+](=O)[O-])=C(O)C(C(=O)[O-])([N+](=O)[O-])C1.[Na+]. The average molecular weight is 266 g/mol. The summed E-state index contributed by atoms with van der Waals surface area (Å²) in [5.74, 6) is -3.61. The van der Waals surface area contributed by atoms with Gasteiger partial charge in [0.2, 0.25) is 0 Å². The smallest absolute Gasteiger partial charge is 0.543 e. The molecular weight excluding hydrogens is 259 g/mol. The van der Waals surface area contributed by atoms with Crippen LogP contribution in [0.5, 0.6) is 0 Å². The summed E-state index contributed by atoms with van der Waals surface area (Å²) < 4.78 is 0. The van der Waals surface area contributed by atoms with Crippen LogP contribution in [0, 0.1) is 20.2 Å². The average Bonchev–Trinajstić information content (AvgIpc) is 2.19. The maximum Gasteiger partial charge on any atom is 1.00 e. The molecule has 0 amide bonds. The number of hydrogen-bond acceptors (Lipinski definition) is 7. The van der Waals surface area contributed by atoms with Crippen LogP contribution in [0.4, 0.5) is 0 Å². The van der Waals surface area contributed by atoms with Crippen LogP contribution in [0.25, 0.3) is 0 Å². The van der Waals surface area contributed by atoms with Crippen molar-refractivity contribution in [3.63, 3.8) is 0 Å². The van der Waals surface area contributed by atoms with Crippen LogP contribution < -0.4 is 34.7 Å². The molecule has 1 aliphatic carbocycles. The molecule has 0 aromatic heterocycles. The number of nitro groups is 2. The number of hydrogen-bond donors (Lipinski definition) is 1. The molecule has 0 fully saturated rings. The second-order valence-electron chi connectivity index (χ2n) is 3.56. The van der Waals surface area contributed by atoms with Gasteiger partial charge in [-0.15, -0.1) is 0 Å². The van der Waals surface area contributed by atoms with Gasteiger partial charge in [-0.1, -0.05) is 5.57 Å².